The molecule has 0 saturated carbocycles. The second-order valence-corrected chi connectivity index (χ2v) is 5.65. The molecule has 0 aliphatic heterocycles. The number of methoxy groups -OCH3 is 1. The zero-order chi connectivity index (χ0) is 17.2. The summed E-state index contributed by atoms with van der Waals surface area (Å²) < 4.78 is 5.24. The highest BCUT2D eigenvalue weighted by atomic mass is 127. The second-order valence-electron chi connectivity index (χ2n) is 5.27. The summed E-state index contributed by atoms with van der Waals surface area (Å²) in [6.45, 7) is 1.58. The van der Waals surface area contributed by atoms with Gasteiger partial charge in [0, 0.05) is 26.3 Å². The van der Waals surface area contributed by atoms with Gasteiger partial charge in [0.15, 0.2) is 5.96 Å². The van der Waals surface area contributed by atoms with Crippen molar-refractivity contribution in [2.45, 2.75) is 12.8 Å². The first-order chi connectivity index (χ1) is 11.7. The summed E-state index contributed by atoms with van der Waals surface area (Å²) in [6.07, 6.45) is 3.56. The van der Waals surface area contributed by atoms with Crippen molar-refractivity contribution in [3.05, 3.63) is 58.9 Å². The predicted molar refractivity (Wildman–Crippen MR) is 114 cm³/mol. The normalized spacial score (nSPS) is 10.8. The molecule has 0 atom stereocenters. The smallest absolute Gasteiger partial charge is 0.190 e. The van der Waals surface area contributed by atoms with Gasteiger partial charge in [-0.25, -0.2) is 4.98 Å². The summed E-state index contributed by atoms with van der Waals surface area (Å²) in [5.41, 5.74) is 2.36. The number of aromatic nitrogens is 1. The number of aliphatic imine (C=N–C) groups is 1. The average Bonchev–Trinajstić information content (AvgIpc) is 2.62. The Balaban J connectivity index is 0.00000312. The Morgan fingerprint density at radius 2 is 1.84 bits per heavy atom. The second kappa shape index (κ2) is 11.9. The van der Waals surface area contributed by atoms with E-state index in [2.05, 4.69) is 26.7 Å². The van der Waals surface area contributed by atoms with Gasteiger partial charge in [0.05, 0.1) is 7.11 Å². The maximum absolute atomic E-state index is 5.78. The van der Waals surface area contributed by atoms with Crippen molar-refractivity contribution in [3.8, 4) is 5.75 Å². The van der Waals surface area contributed by atoms with E-state index < -0.39 is 0 Å². The van der Waals surface area contributed by atoms with Gasteiger partial charge < -0.3 is 15.4 Å². The number of pyridine rings is 1. The number of nitrogens with zero attached hydrogens (tertiary/aromatic N) is 2. The molecule has 0 fully saturated rings. The van der Waals surface area contributed by atoms with Gasteiger partial charge in [-0.15, -0.1) is 24.0 Å². The molecule has 2 rings (SSSR count). The first-order valence-electron chi connectivity index (χ1n) is 7.89. The molecule has 0 spiro atoms. The summed E-state index contributed by atoms with van der Waals surface area (Å²) in [4.78, 5) is 8.31. The number of benzene rings is 1. The fourth-order valence-corrected chi connectivity index (χ4v) is 2.37. The molecule has 0 amide bonds. The van der Waals surface area contributed by atoms with Crippen molar-refractivity contribution < 1.29 is 4.74 Å². The summed E-state index contributed by atoms with van der Waals surface area (Å²) >= 11 is 5.78. The minimum atomic E-state index is 0. The van der Waals surface area contributed by atoms with Crippen LogP contribution in [0.1, 0.15) is 11.1 Å². The van der Waals surface area contributed by atoms with Crippen LogP contribution in [0.4, 0.5) is 0 Å². The largest absolute Gasteiger partial charge is 0.497 e. The third kappa shape index (κ3) is 7.92. The monoisotopic (exact) mass is 474 g/mol. The third-order valence-electron chi connectivity index (χ3n) is 3.56. The molecule has 1 aromatic heterocycles. The highest BCUT2D eigenvalue weighted by Crippen LogP contribution is 2.12. The van der Waals surface area contributed by atoms with Crippen LogP contribution in [-0.2, 0) is 12.8 Å². The molecule has 1 heterocycles. The SMILES string of the molecule is CN=C(NCCc1ccc(Cl)nc1)NCCc1cccc(OC)c1.I. The Morgan fingerprint density at radius 1 is 1.12 bits per heavy atom. The molecular weight excluding hydrogens is 451 g/mol. The molecule has 1 aromatic carbocycles. The van der Waals surface area contributed by atoms with Crippen LogP contribution in [0.2, 0.25) is 5.15 Å². The number of nitrogens with one attached hydrogen (secondary N) is 2. The van der Waals surface area contributed by atoms with Gasteiger partial charge in [0.2, 0.25) is 0 Å². The average molecular weight is 475 g/mol. The maximum Gasteiger partial charge on any atom is 0.190 e. The highest BCUT2D eigenvalue weighted by Gasteiger charge is 2.00. The first kappa shape index (κ1) is 21.5. The number of guanidine groups is 1. The zero-order valence-electron chi connectivity index (χ0n) is 14.5. The van der Waals surface area contributed by atoms with E-state index in [0.717, 1.165) is 43.2 Å². The molecular formula is C18H24ClIN4O. The number of hydrogen-bond donors (Lipinski definition) is 2. The lowest BCUT2D eigenvalue weighted by Crippen LogP contribution is -2.39. The molecule has 2 aromatic rings. The summed E-state index contributed by atoms with van der Waals surface area (Å²) in [6, 6.07) is 11.9. The van der Waals surface area contributed by atoms with Crippen LogP contribution in [-0.4, -0.2) is 38.2 Å². The van der Waals surface area contributed by atoms with Crippen LogP contribution in [0.15, 0.2) is 47.6 Å². The fraction of sp³-hybridized carbons (Fsp3) is 0.333. The van der Waals surface area contributed by atoms with E-state index in [-0.39, 0.29) is 24.0 Å². The number of halogens is 2. The maximum atomic E-state index is 5.78. The van der Waals surface area contributed by atoms with Crippen LogP contribution in [0.3, 0.4) is 0 Å². The van der Waals surface area contributed by atoms with Crippen molar-refractivity contribution in [2.24, 2.45) is 4.99 Å². The Bertz CT molecular complexity index is 664. The van der Waals surface area contributed by atoms with E-state index in [9.17, 15) is 0 Å². The van der Waals surface area contributed by atoms with E-state index in [1.165, 1.54) is 5.56 Å². The van der Waals surface area contributed by atoms with Gasteiger partial charge in [0.25, 0.3) is 0 Å². The van der Waals surface area contributed by atoms with Crippen molar-refractivity contribution in [3.63, 3.8) is 0 Å². The van der Waals surface area contributed by atoms with E-state index in [0.29, 0.717) is 5.15 Å². The molecule has 0 radical (unpaired) electrons. The predicted octanol–water partition coefficient (Wildman–Crippen LogP) is 3.31. The van der Waals surface area contributed by atoms with Gasteiger partial charge in [0.1, 0.15) is 10.9 Å². The number of ether oxygens (including phenoxy) is 1. The van der Waals surface area contributed by atoms with Gasteiger partial charge in [-0.05, 0) is 42.2 Å². The van der Waals surface area contributed by atoms with Gasteiger partial charge in [-0.3, -0.25) is 4.99 Å². The standard InChI is InChI=1S/C18H23ClN4O.HI/c1-20-18(22-11-9-15-6-7-17(19)23-13-15)21-10-8-14-4-3-5-16(12-14)24-2;/h3-7,12-13H,8-11H2,1-2H3,(H2,20,21,22);1H. The highest BCUT2D eigenvalue weighted by molar-refractivity contribution is 14.0. The van der Waals surface area contributed by atoms with E-state index in [1.54, 1.807) is 26.4 Å². The van der Waals surface area contributed by atoms with Crippen LogP contribution in [0.25, 0.3) is 0 Å². The Kier molecular flexibility index (Phi) is 10.3. The van der Waals surface area contributed by atoms with Crippen LogP contribution < -0.4 is 15.4 Å². The van der Waals surface area contributed by atoms with Crippen molar-refractivity contribution in [1.82, 2.24) is 15.6 Å². The van der Waals surface area contributed by atoms with Crippen molar-refractivity contribution in [1.29, 1.82) is 0 Å². The Morgan fingerprint density at radius 3 is 2.44 bits per heavy atom. The lowest BCUT2D eigenvalue weighted by Gasteiger charge is -2.12. The third-order valence-corrected chi connectivity index (χ3v) is 3.78. The topological polar surface area (TPSA) is 58.5 Å². The lowest BCUT2D eigenvalue weighted by atomic mass is 10.1. The molecule has 136 valence electrons. The fourth-order valence-electron chi connectivity index (χ4n) is 2.25. The lowest BCUT2D eigenvalue weighted by molar-refractivity contribution is 0.414. The van der Waals surface area contributed by atoms with Crippen molar-refractivity contribution >= 4 is 41.5 Å². The first-order valence-corrected chi connectivity index (χ1v) is 8.27. The summed E-state index contributed by atoms with van der Waals surface area (Å²) in [7, 11) is 3.45. The molecule has 2 N–H and O–H groups in total. The van der Waals surface area contributed by atoms with E-state index in [1.807, 2.05) is 24.3 Å². The quantitative estimate of drug-likeness (QED) is 0.280. The number of hydrogen-bond acceptors (Lipinski definition) is 3. The Hall–Kier alpha value is -1.54. The number of rotatable bonds is 7. The van der Waals surface area contributed by atoms with Gasteiger partial charge in [-0.2, -0.15) is 0 Å². The van der Waals surface area contributed by atoms with Gasteiger partial charge >= 0.3 is 0 Å². The van der Waals surface area contributed by atoms with Crippen LogP contribution in [0, 0.1) is 0 Å². The Labute approximate surface area is 171 Å². The molecule has 0 unspecified atom stereocenters. The van der Waals surface area contributed by atoms with Crippen LogP contribution >= 0.6 is 35.6 Å². The van der Waals surface area contributed by atoms with E-state index in [4.69, 9.17) is 16.3 Å². The van der Waals surface area contributed by atoms with E-state index >= 15 is 0 Å². The molecule has 5 nitrogen and oxygen atoms in total. The molecule has 0 saturated heterocycles. The molecule has 0 bridgehead atoms. The molecule has 25 heavy (non-hydrogen) atoms. The molecule has 0 aliphatic rings. The molecule has 7 heteroatoms. The van der Waals surface area contributed by atoms with Crippen LogP contribution in [0.5, 0.6) is 5.75 Å². The minimum Gasteiger partial charge on any atom is -0.497 e. The zero-order valence-corrected chi connectivity index (χ0v) is 17.5. The van der Waals surface area contributed by atoms with Crippen molar-refractivity contribution in [2.75, 3.05) is 27.2 Å². The van der Waals surface area contributed by atoms with Gasteiger partial charge in [-0.1, -0.05) is 29.8 Å². The summed E-state index contributed by atoms with van der Waals surface area (Å²) in [5, 5.41) is 7.12. The minimum absolute atomic E-state index is 0. The molecule has 0 aliphatic carbocycles. The summed E-state index contributed by atoms with van der Waals surface area (Å²) in [5.74, 6) is 1.67.